The first kappa shape index (κ1) is 14.4. The molecule has 1 heterocycles. The molecule has 104 valence electrons. The Morgan fingerprint density at radius 1 is 1.35 bits per heavy atom. The molecule has 1 aromatic carbocycles. The Morgan fingerprint density at radius 2 is 2.10 bits per heavy atom. The topological polar surface area (TPSA) is 61.0 Å². The molecule has 0 bridgehead atoms. The molecule has 4 nitrogen and oxygen atoms in total. The van der Waals surface area contributed by atoms with Crippen molar-refractivity contribution in [2.24, 2.45) is 5.73 Å². The molecule has 0 amide bonds. The second-order valence-electron chi connectivity index (χ2n) is 4.56. The molecule has 20 heavy (non-hydrogen) atoms. The lowest BCUT2D eigenvalue weighted by Crippen LogP contribution is -2.12. The molecule has 0 saturated carbocycles. The average molecular weight is 287 g/mol. The van der Waals surface area contributed by atoms with Gasteiger partial charge in [-0.25, -0.2) is 0 Å². The molecule has 2 rings (SSSR count). The van der Waals surface area contributed by atoms with Crippen LogP contribution in [0.5, 0.6) is 11.6 Å². The predicted molar refractivity (Wildman–Crippen MR) is 83.1 cm³/mol. The summed E-state index contributed by atoms with van der Waals surface area (Å²) in [7, 11) is 0. The largest absolute Gasteiger partial charge is 0.437 e. The fraction of sp³-hybridized carbons (Fsp3) is 0.267. The first-order valence-corrected chi connectivity index (χ1v) is 6.92. The second kappa shape index (κ2) is 6.43. The van der Waals surface area contributed by atoms with Gasteiger partial charge in [-0.1, -0.05) is 44.3 Å². The standard InChI is InChI=1S/C15H17N3OS/c1-3-10(2)11-6-4-5-7-13(11)19-15-12(14(16)20)8-9-17-18-15/h4-10H,3H2,1-2H3,(H2,16,20). The number of hydrogen-bond acceptors (Lipinski definition) is 4. The first-order chi connectivity index (χ1) is 9.63. The zero-order valence-corrected chi connectivity index (χ0v) is 12.4. The third-order valence-electron chi connectivity index (χ3n) is 3.22. The average Bonchev–Trinajstić information content (AvgIpc) is 2.47. The van der Waals surface area contributed by atoms with Gasteiger partial charge in [0.1, 0.15) is 10.7 Å². The van der Waals surface area contributed by atoms with Gasteiger partial charge in [-0.3, -0.25) is 0 Å². The molecule has 1 aromatic heterocycles. The van der Waals surface area contributed by atoms with E-state index in [9.17, 15) is 0 Å². The van der Waals surface area contributed by atoms with Crippen molar-refractivity contribution in [2.45, 2.75) is 26.2 Å². The van der Waals surface area contributed by atoms with Crippen molar-refractivity contribution in [1.29, 1.82) is 0 Å². The lowest BCUT2D eigenvalue weighted by Gasteiger charge is -2.15. The van der Waals surface area contributed by atoms with Crippen LogP contribution >= 0.6 is 12.2 Å². The van der Waals surface area contributed by atoms with Gasteiger partial charge in [-0.15, -0.1) is 5.10 Å². The maximum atomic E-state index is 5.88. The van der Waals surface area contributed by atoms with E-state index in [2.05, 4.69) is 30.1 Å². The number of ether oxygens (including phenoxy) is 1. The van der Waals surface area contributed by atoms with Crippen LogP contribution in [0.15, 0.2) is 36.5 Å². The smallest absolute Gasteiger partial charge is 0.249 e. The van der Waals surface area contributed by atoms with Gasteiger partial charge < -0.3 is 10.5 Å². The highest BCUT2D eigenvalue weighted by molar-refractivity contribution is 7.80. The summed E-state index contributed by atoms with van der Waals surface area (Å²) in [6, 6.07) is 9.61. The quantitative estimate of drug-likeness (QED) is 0.854. The monoisotopic (exact) mass is 287 g/mol. The number of nitrogens with two attached hydrogens (primary N) is 1. The highest BCUT2D eigenvalue weighted by atomic mass is 32.1. The zero-order valence-electron chi connectivity index (χ0n) is 11.5. The number of rotatable bonds is 5. The Kier molecular flexibility index (Phi) is 4.63. The molecule has 2 aromatic rings. The number of aromatic nitrogens is 2. The molecule has 0 radical (unpaired) electrons. The van der Waals surface area contributed by atoms with Gasteiger partial charge in [0, 0.05) is 0 Å². The van der Waals surface area contributed by atoms with E-state index in [1.165, 1.54) is 0 Å². The van der Waals surface area contributed by atoms with Crippen LogP contribution in [0.2, 0.25) is 0 Å². The minimum atomic E-state index is 0.246. The highest BCUT2D eigenvalue weighted by Crippen LogP contribution is 2.32. The fourth-order valence-corrected chi connectivity index (χ4v) is 2.04. The molecule has 0 fully saturated rings. The minimum Gasteiger partial charge on any atom is -0.437 e. The van der Waals surface area contributed by atoms with Gasteiger partial charge in [-0.05, 0) is 30.0 Å². The van der Waals surface area contributed by atoms with Gasteiger partial charge >= 0.3 is 0 Å². The summed E-state index contributed by atoms with van der Waals surface area (Å²) >= 11 is 5.00. The highest BCUT2D eigenvalue weighted by Gasteiger charge is 2.14. The van der Waals surface area contributed by atoms with Crippen LogP contribution in [0.3, 0.4) is 0 Å². The van der Waals surface area contributed by atoms with Crippen LogP contribution in [0.1, 0.15) is 37.3 Å². The van der Waals surface area contributed by atoms with Gasteiger partial charge in [0.25, 0.3) is 0 Å². The maximum Gasteiger partial charge on any atom is 0.249 e. The van der Waals surface area contributed by atoms with Crippen LogP contribution in [0.4, 0.5) is 0 Å². The van der Waals surface area contributed by atoms with Crippen molar-refractivity contribution in [3.8, 4) is 11.6 Å². The summed E-state index contributed by atoms with van der Waals surface area (Å²) in [5.41, 5.74) is 7.40. The van der Waals surface area contributed by atoms with Crippen molar-refractivity contribution in [3.63, 3.8) is 0 Å². The van der Waals surface area contributed by atoms with E-state index in [0.29, 0.717) is 17.4 Å². The summed E-state index contributed by atoms with van der Waals surface area (Å²) < 4.78 is 5.88. The molecular weight excluding hydrogens is 270 g/mol. The van der Waals surface area contributed by atoms with Crippen LogP contribution < -0.4 is 10.5 Å². The van der Waals surface area contributed by atoms with Crippen molar-refractivity contribution in [1.82, 2.24) is 10.2 Å². The van der Waals surface area contributed by atoms with E-state index in [0.717, 1.165) is 17.7 Å². The van der Waals surface area contributed by atoms with E-state index in [-0.39, 0.29) is 4.99 Å². The van der Waals surface area contributed by atoms with Gasteiger partial charge in [0.2, 0.25) is 5.88 Å². The second-order valence-corrected chi connectivity index (χ2v) is 5.00. The van der Waals surface area contributed by atoms with Gasteiger partial charge in [0.15, 0.2) is 0 Å². The number of para-hydroxylation sites is 1. The molecule has 2 N–H and O–H groups in total. The SMILES string of the molecule is CCC(C)c1ccccc1Oc1nnccc1C(N)=S. The fourth-order valence-electron chi connectivity index (χ4n) is 1.89. The Balaban J connectivity index is 2.38. The van der Waals surface area contributed by atoms with E-state index in [4.69, 9.17) is 22.7 Å². The van der Waals surface area contributed by atoms with Crippen LogP contribution in [-0.4, -0.2) is 15.2 Å². The molecule has 0 aliphatic heterocycles. The molecule has 0 saturated heterocycles. The molecule has 0 aliphatic carbocycles. The molecule has 0 aliphatic rings. The molecule has 5 heteroatoms. The van der Waals surface area contributed by atoms with Crippen LogP contribution in [0, 0.1) is 0 Å². The molecule has 1 unspecified atom stereocenters. The first-order valence-electron chi connectivity index (χ1n) is 6.51. The minimum absolute atomic E-state index is 0.246. The molecular formula is C15H17N3OS. The summed E-state index contributed by atoms with van der Waals surface area (Å²) in [5, 5.41) is 7.81. The zero-order chi connectivity index (χ0) is 14.5. The summed E-state index contributed by atoms with van der Waals surface area (Å²) in [6.45, 7) is 4.30. The third kappa shape index (κ3) is 3.11. The normalized spacial score (nSPS) is 11.9. The van der Waals surface area contributed by atoms with Crippen molar-refractivity contribution >= 4 is 17.2 Å². The third-order valence-corrected chi connectivity index (χ3v) is 3.44. The van der Waals surface area contributed by atoms with Crippen molar-refractivity contribution in [2.75, 3.05) is 0 Å². The predicted octanol–water partition coefficient (Wildman–Crippen LogP) is 3.42. The van der Waals surface area contributed by atoms with E-state index < -0.39 is 0 Å². The lowest BCUT2D eigenvalue weighted by atomic mass is 9.98. The van der Waals surface area contributed by atoms with Crippen molar-refractivity contribution < 1.29 is 4.74 Å². The van der Waals surface area contributed by atoms with Crippen LogP contribution in [0.25, 0.3) is 0 Å². The summed E-state index contributed by atoms with van der Waals surface area (Å²) in [4.78, 5) is 0.246. The van der Waals surface area contributed by atoms with Crippen LogP contribution in [-0.2, 0) is 0 Å². The van der Waals surface area contributed by atoms with Gasteiger partial charge in [0.05, 0.1) is 11.8 Å². The Hall–Kier alpha value is -2.01. The lowest BCUT2D eigenvalue weighted by molar-refractivity contribution is 0.444. The Labute approximate surface area is 124 Å². The molecule has 0 spiro atoms. The van der Waals surface area contributed by atoms with Crippen molar-refractivity contribution in [3.05, 3.63) is 47.7 Å². The number of hydrogen-bond donors (Lipinski definition) is 1. The number of thiocarbonyl (C=S) groups is 1. The summed E-state index contributed by atoms with van der Waals surface area (Å²) in [5.74, 6) is 1.51. The number of benzene rings is 1. The Bertz CT molecular complexity index is 616. The summed E-state index contributed by atoms with van der Waals surface area (Å²) in [6.07, 6.45) is 2.57. The van der Waals surface area contributed by atoms with E-state index in [1.807, 2.05) is 18.2 Å². The molecule has 1 atom stereocenters. The number of nitrogens with zero attached hydrogens (tertiary/aromatic N) is 2. The Morgan fingerprint density at radius 3 is 2.80 bits per heavy atom. The van der Waals surface area contributed by atoms with E-state index >= 15 is 0 Å². The van der Waals surface area contributed by atoms with Gasteiger partial charge in [-0.2, -0.15) is 5.10 Å². The van der Waals surface area contributed by atoms with E-state index in [1.54, 1.807) is 12.3 Å². The maximum absolute atomic E-state index is 5.88.